The summed E-state index contributed by atoms with van der Waals surface area (Å²) in [7, 11) is 0. The average Bonchev–Trinajstić information content (AvgIpc) is 2.79. The lowest BCUT2D eigenvalue weighted by Gasteiger charge is -2.32. The monoisotopic (exact) mass is 288 g/mol. The molecule has 0 aromatic heterocycles. The van der Waals surface area contributed by atoms with Crippen LogP contribution >= 0.6 is 0 Å². The summed E-state index contributed by atoms with van der Waals surface area (Å²) >= 11 is 0. The number of aryl methyl sites for hydroxylation is 1. The maximum atomic E-state index is 6.41. The minimum atomic E-state index is 0.414. The summed E-state index contributed by atoms with van der Waals surface area (Å²) in [4.78, 5) is 2.47. The van der Waals surface area contributed by atoms with Gasteiger partial charge >= 0.3 is 0 Å². The van der Waals surface area contributed by atoms with Crippen molar-refractivity contribution in [2.24, 2.45) is 0 Å². The van der Waals surface area contributed by atoms with Gasteiger partial charge in [-0.25, -0.2) is 0 Å². The van der Waals surface area contributed by atoms with Gasteiger partial charge in [-0.2, -0.15) is 0 Å². The normalized spacial score (nSPS) is 21.1. The second kappa shape index (κ2) is 7.17. The third kappa shape index (κ3) is 3.91. The average molecular weight is 288 g/mol. The lowest BCUT2D eigenvalue weighted by molar-refractivity contribution is 0.184. The predicted octanol–water partition coefficient (Wildman–Crippen LogP) is 3.51. The molecule has 1 heterocycles. The standard InChI is InChI=1S/C18H28N2O/c1-15-8-9-18(21-16-6-4-2-3-5-7-16)17(14-15)20-12-10-19-11-13-20/h8-9,14,16,19H,2-7,10-13H2,1H3. The van der Waals surface area contributed by atoms with E-state index in [1.54, 1.807) is 0 Å². The second-order valence-electron chi connectivity index (χ2n) is 6.44. The lowest BCUT2D eigenvalue weighted by atomic mass is 10.1. The SMILES string of the molecule is Cc1ccc(OC2CCCCCC2)c(N2CCNCC2)c1. The summed E-state index contributed by atoms with van der Waals surface area (Å²) in [6.07, 6.45) is 8.23. The Morgan fingerprint density at radius 2 is 1.76 bits per heavy atom. The van der Waals surface area contributed by atoms with Crippen LogP contribution in [0.25, 0.3) is 0 Å². The highest BCUT2D eigenvalue weighted by Gasteiger charge is 2.19. The second-order valence-corrected chi connectivity index (χ2v) is 6.44. The molecule has 2 fully saturated rings. The Morgan fingerprint density at radius 1 is 1.05 bits per heavy atom. The first kappa shape index (κ1) is 14.7. The van der Waals surface area contributed by atoms with E-state index in [0.29, 0.717) is 6.10 Å². The maximum absolute atomic E-state index is 6.41. The first-order valence-electron chi connectivity index (χ1n) is 8.56. The van der Waals surface area contributed by atoms with Crippen molar-refractivity contribution in [1.82, 2.24) is 5.32 Å². The van der Waals surface area contributed by atoms with Crippen molar-refractivity contribution in [3.8, 4) is 5.75 Å². The predicted molar refractivity (Wildman–Crippen MR) is 88.4 cm³/mol. The molecule has 1 aromatic carbocycles. The molecule has 0 amide bonds. The molecule has 3 rings (SSSR count). The van der Waals surface area contributed by atoms with Gasteiger partial charge < -0.3 is 15.0 Å². The zero-order valence-corrected chi connectivity index (χ0v) is 13.2. The van der Waals surface area contributed by atoms with Crippen LogP contribution in [0.15, 0.2) is 18.2 Å². The smallest absolute Gasteiger partial charge is 0.143 e. The number of benzene rings is 1. The van der Waals surface area contributed by atoms with Crippen molar-refractivity contribution in [2.75, 3.05) is 31.1 Å². The summed E-state index contributed by atoms with van der Waals surface area (Å²) in [5.41, 5.74) is 2.61. The first-order valence-corrected chi connectivity index (χ1v) is 8.56. The number of hydrogen-bond donors (Lipinski definition) is 1. The van der Waals surface area contributed by atoms with E-state index >= 15 is 0 Å². The number of nitrogens with zero attached hydrogens (tertiary/aromatic N) is 1. The Labute approximate surface area is 128 Å². The topological polar surface area (TPSA) is 24.5 Å². The quantitative estimate of drug-likeness (QED) is 0.862. The van der Waals surface area contributed by atoms with E-state index in [9.17, 15) is 0 Å². The van der Waals surface area contributed by atoms with Gasteiger partial charge in [0.2, 0.25) is 0 Å². The Balaban J connectivity index is 1.76. The summed E-state index contributed by atoms with van der Waals surface area (Å²) in [5.74, 6) is 1.09. The first-order chi connectivity index (χ1) is 10.3. The van der Waals surface area contributed by atoms with Gasteiger partial charge in [0.25, 0.3) is 0 Å². The van der Waals surface area contributed by atoms with Crippen LogP contribution in [0.1, 0.15) is 44.1 Å². The Morgan fingerprint density at radius 3 is 2.48 bits per heavy atom. The molecule has 3 heteroatoms. The van der Waals surface area contributed by atoms with Crippen molar-refractivity contribution in [3.05, 3.63) is 23.8 Å². The van der Waals surface area contributed by atoms with E-state index in [2.05, 4.69) is 35.3 Å². The van der Waals surface area contributed by atoms with Crippen molar-refractivity contribution in [2.45, 2.75) is 51.6 Å². The maximum Gasteiger partial charge on any atom is 0.143 e. The number of ether oxygens (including phenoxy) is 1. The summed E-state index contributed by atoms with van der Waals surface area (Å²) < 4.78 is 6.41. The molecule has 2 aliphatic rings. The largest absolute Gasteiger partial charge is 0.488 e. The summed E-state index contributed by atoms with van der Waals surface area (Å²) in [6, 6.07) is 6.65. The third-order valence-electron chi connectivity index (χ3n) is 4.67. The van der Waals surface area contributed by atoms with Crippen molar-refractivity contribution in [3.63, 3.8) is 0 Å². The molecular formula is C18H28N2O. The van der Waals surface area contributed by atoms with E-state index < -0.39 is 0 Å². The molecule has 0 spiro atoms. The fraction of sp³-hybridized carbons (Fsp3) is 0.667. The molecule has 1 N–H and O–H groups in total. The van der Waals surface area contributed by atoms with Gasteiger partial charge in [0.15, 0.2) is 0 Å². The van der Waals surface area contributed by atoms with Gasteiger partial charge in [0.05, 0.1) is 11.8 Å². The minimum Gasteiger partial charge on any atom is -0.488 e. The zero-order valence-electron chi connectivity index (χ0n) is 13.2. The van der Waals surface area contributed by atoms with E-state index in [0.717, 1.165) is 31.9 Å². The van der Waals surface area contributed by atoms with Crippen LogP contribution < -0.4 is 15.0 Å². The molecule has 0 radical (unpaired) electrons. The van der Waals surface area contributed by atoms with Gasteiger partial charge in [-0.3, -0.25) is 0 Å². The van der Waals surface area contributed by atoms with E-state index in [1.807, 2.05) is 0 Å². The minimum absolute atomic E-state index is 0.414. The molecule has 0 unspecified atom stereocenters. The van der Waals surface area contributed by atoms with E-state index in [4.69, 9.17) is 4.74 Å². The molecule has 0 atom stereocenters. The van der Waals surface area contributed by atoms with Crippen LogP contribution in [0.2, 0.25) is 0 Å². The lowest BCUT2D eigenvalue weighted by Crippen LogP contribution is -2.43. The van der Waals surface area contributed by atoms with Crippen LogP contribution in [-0.4, -0.2) is 32.3 Å². The number of anilines is 1. The number of nitrogens with one attached hydrogen (secondary N) is 1. The van der Waals surface area contributed by atoms with E-state index in [1.165, 1.54) is 49.8 Å². The van der Waals surface area contributed by atoms with Gasteiger partial charge in [-0.15, -0.1) is 0 Å². The molecule has 1 aromatic rings. The third-order valence-corrected chi connectivity index (χ3v) is 4.67. The van der Waals surface area contributed by atoms with Crippen LogP contribution in [-0.2, 0) is 0 Å². The van der Waals surface area contributed by atoms with Gasteiger partial charge in [-0.05, 0) is 50.3 Å². The number of piperazine rings is 1. The zero-order chi connectivity index (χ0) is 14.5. The van der Waals surface area contributed by atoms with Crippen LogP contribution in [0.5, 0.6) is 5.75 Å². The molecule has 1 aliphatic carbocycles. The highest BCUT2D eigenvalue weighted by Crippen LogP contribution is 2.32. The number of rotatable bonds is 3. The van der Waals surface area contributed by atoms with Crippen LogP contribution in [0.3, 0.4) is 0 Å². The Bertz CT molecular complexity index is 447. The molecule has 21 heavy (non-hydrogen) atoms. The van der Waals surface area contributed by atoms with E-state index in [-0.39, 0.29) is 0 Å². The van der Waals surface area contributed by atoms with Gasteiger partial charge in [0.1, 0.15) is 5.75 Å². The molecule has 0 bridgehead atoms. The highest BCUT2D eigenvalue weighted by molar-refractivity contribution is 5.60. The Hall–Kier alpha value is -1.22. The highest BCUT2D eigenvalue weighted by atomic mass is 16.5. The molecule has 116 valence electrons. The molecule has 1 saturated heterocycles. The molecule has 1 aliphatic heterocycles. The number of hydrogen-bond acceptors (Lipinski definition) is 3. The fourth-order valence-corrected chi connectivity index (χ4v) is 3.42. The van der Waals surface area contributed by atoms with Gasteiger partial charge in [0, 0.05) is 26.2 Å². The molecule has 3 nitrogen and oxygen atoms in total. The Kier molecular flexibility index (Phi) is 5.02. The summed E-state index contributed by atoms with van der Waals surface area (Å²) in [6.45, 7) is 6.45. The molecular weight excluding hydrogens is 260 g/mol. The van der Waals surface area contributed by atoms with Crippen LogP contribution in [0.4, 0.5) is 5.69 Å². The van der Waals surface area contributed by atoms with Crippen molar-refractivity contribution >= 4 is 5.69 Å². The van der Waals surface area contributed by atoms with Crippen LogP contribution in [0, 0.1) is 6.92 Å². The van der Waals surface area contributed by atoms with Crippen molar-refractivity contribution < 1.29 is 4.74 Å². The summed E-state index contributed by atoms with van der Waals surface area (Å²) in [5, 5.41) is 3.43. The van der Waals surface area contributed by atoms with Crippen molar-refractivity contribution in [1.29, 1.82) is 0 Å². The fourth-order valence-electron chi connectivity index (χ4n) is 3.42. The van der Waals surface area contributed by atoms with Gasteiger partial charge in [-0.1, -0.05) is 18.9 Å². The molecule has 1 saturated carbocycles.